The van der Waals surface area contributed by atoms with E-state index in [9.17, 15) is 17.6 Å². The molecule has 1 aliphatic heterocycles. The molecular weight excluding hydrogens is 309 g/mol. The van der Waals surface area contributed by atoms with Crippen LogP contribution in [0.15, 0.2) is 24.3 Å². The number of piperazine rings is 1. The minimum absolute atomic E-state index is 0.293. The number of rotatable bonds is 5. The third-order valence-corrected chi connectivity index (χ3v) is 4.90. The molecule has 8 heteroatoms. The number of amides is 1. The Hall–Kier alpha value is -1.51. The van der Waals surface area contributed by atoms with Crippen molar-refractivity contribution in [3.05, 3.63) is 35.6 Å². The molecular formula is C14H20FN3O3S. The van der Waals surface area contributed by atoms with E-state index in [-0.39, 0.29) is 5.91 Å². The summed E-state index contributed by atoms with van der Waals surface area (Å²) in [6.45, 7) is 3.30. The number of hydrogen-bond acceptors (Lipinski definition) is 4. The van der Waals surface area contributed by atoms with E-state index in [0.717, 1.165) is 0 Å². The lowest BCUT2D eigenvalue weighted by Gasteiger charge is -2.33. The summed E-state index contributed by atoms with van der Waals surface area (Å²) in [7, 11) is -3.12. The quantitative estimate of drug-likeness (QED) is 0.834. The van der Waals surface area contributed by atoms with Gasteiger partial charge in [0.25, 0.3) is 5.91 Å². The van der Waals surface area contributed by atoms with Crippen LogP contribution in [0.25, 0.3) is 0 Å². The van der Waals surface area contributed by atoms with Gasteiger partial charge in [0.1, 0.15) is 5.82 Å². The number of nitrogens with one attached hydrogen (secondary N) is 1. The molecule has 122 valence electrons. The van der Waals surface area contributed by atoms with E-state index in [1.807, 2.05) is 0 Å². The van der Waals surface area contributed by atoms with Crippen LogP contribution in [0, 0.1) is 5.82 Å². The lowest BCUT2D eigenvalue weighted by molar-refractivity contribution is 0.0944. The lowest BCUT2D eigenvalue weighted by Crippen LogP contribution is -2.49. The van der Waals surface area contributed by atoms with Gasteiger partial charge in [0.2, 0.25) is 10.0 Å². The Bertz CT molecular complexity index is 628. The summed E-state index contributed by atoms with van der Waals surface area (Å²) in [5.74, 6) is -0.751. The molecule has 1 aliphatic rings. The highest BCUT2D eigenvalue weighted by atomic mass is 32.2. The monoisotopic (exact) mass is 329 g/mol. The zero-order valence-corrected chi connectivity index (χ0v) is 13.3. The molecule has 22 heavy (non-hydrogen) atoms. The normalized spacial score (nSPS) is 17.4. The summed E-state index contributed by atoms with van der Waals surface area (Å²) in [4.78, 5) is 13.9. The minimum Gasteiger partial charge on any atom is -0.351 e. The number of hydrogen-bond donors (Lipinski definition) is 1. The molecule has 1 aromatic rings. The molecule has 1 heterocycles. The summed E-state index contributed by atoms with van der Waals surface area (Å²) in [5.41, 5.74) is 0.293. The van der Waals surface area contributed by atoms with Crippen molar-refractivity contribution < 1.29 is 17.6 Å². The Morgan fingerprint density at radius 1 is 1.27 bits per heavy atom. The van der Waals surface area contributed by atoms with Crippen molar-refractivity contribution in [3.63, 3.8) is 0 Å². The minimum atomic E-state index is -3.12. The number of nitrogens with zero attached hydrogens (tertiary/aromatic N) is 2. The SMILES string of the molecule is CS(=O)(=O)N1CCN(CCNC(=O)c2cccc(F)c2)CC1. The summed E-state index contributed by atoms with van der Waals surface area (Å²) in [6.07, 6.45) is 1.21. The van der Waals surface area contributed by atoms with Gasteiger partial charge in [-0.3, -0.25) is 9.69 Å². The maximum Gasteiger partial charge on any atom is 0.251 e. The molecule has 1 saturated heterocycles. The Morgan fingerprint density at radius 3 is 2.55 bits per heavy atom. The van der Waals surface area contributed by atoms with Crippen molar-refractivity contribution in [1.29, 1.82) is 0 Å². The first-order chi connectivity index (χ1) is 10.4. The van der Waals surface area contributed by atoms with E-state index >= 15 is 0 Å². The van der Waals surface area contributed by atoms with Crippen LogP contribution in [-0.4, -0.2) is 69.1 Å². The second kappa shape index (κ2) is 7.17. The second-order valence-corrected chi connectivity index (χ2v) is 7.25. The van der Waals surface area contributed by atoms with Crippen LogP contribution in [-0.2, 0) is 10.0 Å². The van der Waals surface area contributed by atoms with Crippen molar-refractivity contribution in [1.82, 2.24) is 14.5 Å². The molecule has 1 fully saturated rings. The second-order valence-electron chi connectivity index (χ2n) is 5.27. The molecule has 6 nitrogen and oxygen atoms in total. The maximum absolute atomic E-state index is 13.0. The zero-order chi connectivity index (χ0) is 16.2. The number of carbonyl (C=O) groups excluding carboxylic acids is 1. The van der Waals surface area contributed by atoms with Crippen molar-refractivity contribution >= 4 is 15.9 Å². The zero-order valence-electron chi connectivity index (χ0n) is 12.5. The van der Waals surface area contributed by atoms with E-state index < -0.39 is 15.8 Å². The van der Waals surface area contributed by atoms with E-state index in [2.05, 4.69) is 10.2 Å². The van der Waals surface area contributed by atoms with Crippen LogP contribution in [0.4, 0.5) is 4.39 Å². The molecule has 0 bridgehead atoms. The first-order valence-corrected chi connectivity index (χ1v) is 8.92. The van der Waals surface area contributed by atoms with Gasteiger partial charge in [-0.25, -0.2) is 12.8 Å². The Kier molecular flexibility index (Phi) is 5.49. The fourth-order valence-electron chi connectivity index (χ4n) is 2.34. The third kappa shape index (κ3) is 4.75. The summed E-state index contributed by atoms with van der Waals surface area (Å²) < 4.78 is 37.3. The molecule has 1 amide bonds. The van der Waals surface area contributed by atoms with Gasteiger partial charge in [-0.15, -0.1) is 0 Å². The maximum atomic E-state index is 13.0. The highest BCUT2D eigenvalue weighted by molar-refractivity contribution is 7.88. The Morgan fingerprint density at radius 2 is 1.95 bits per heavy atom. The smallest absolute Gasteiger partial charge is 0.251 e. The molecule has 0 unspecified atom stereocenters. The first-order valence-electron chi connectivity index (χ1n) is 7.07. The molecule has 1 aromatic carbocycles. The van der Waals surface area contributed by atoms with Gasteiger partial charge in [-0.05, 0) is 18.2 Å². The molecule has 0 aliphatic carbocycles. The average molecular weight is 329 g/mol. The van der Waals surface area contributed by atoms with Crippen LogP contribution in [0.5, 0.6) is 0 Å². The third-order valence-electron chi connectivity index (χ3n) is 3.60. The predicted octanol–water partition coefficient (Wildman–Crippen LogP) is 0.133. The predicted molar refractivity (Wildman–Crippen MR) is 81.6 cm³/mol. The van der Waals surface area contributed by atoms with Crippen LogP contribution < -0.4 is 5.32 Å². The molecule has 0 saturated carbocycles. The van der Waals surface area contributed by atoms with Crippen LogP contribution >= 0.6 is 0 Å². The number of carbonyl (C=O) groups is 1. The molecule has 1 N–H and O–H groups in total. The van der Waals surface area contributed by atoms with Crippen molar-refractivity contribution in [2.24, 2.45) is 0 Å². The van der Waals surface area contributed by atoms with Gasteiger partial charge in [-0.1, -0.05) is 6.07 Å². The van der Waals surface area contributed by atoms with E-state index in [0.29, 0.717) is 44.8 Å². The fourth-order valence-corrected chi connectivity index (χ4v) is 3.17. The summed E-state index contributed by atoms with van der Waals surface area (Å²) in [5, 5.41) is 2.74. The van der Waals surface area contributed by atoms with Gasteiger partial charge >= 0.3 is 0 Å². The largest absolute Gasteiger partial charge is 0.351 e. The van der Waals surface area contributed by atoms with E-state index in [1.54, 1.807) is 6.07 Å². The van der Waals surface area contributed by atoms with Crippen LogP contribution in [0.1, 0.15) is 10.4 Å². The topological polar surface area (TPSA) is 69.7 Å². The summed E-state index contributed by atoms with van der Waals surface area (Å²) in [6, 6.07) is 5.54. The van der Waals surface area contributed by atoms with Gasteiger partial charge in [0, 0.05) is 44.8 Å². The Labute approximate surface area is 130 Å². The molecule has 0 aromatic heterocycles. The van der Waals surface area contributed by atoms with Gasteiger partial charge in [0.05, 0.1) is 6.26 Å². The molecule has 0 spiro atoms. The van der Waals surface area contributed by atoms with Gasteiger partial charge < -0.3 is 5.32 Å². The standard InChI is InChI=1S/C14H20FN3O3S/c1-22(20,21)18-9-7-17(8-10-18)6-5-16-14(19)12-3-2-4-13(15)11-12/h2-4,11H,5-10H2,1H3,(H,16,19). The number of sulfonamides is 1. The lowest BCUT2D eigenvalue weighted by atomic mass is 10.2. The molecule has 2 rings (SSSR count). The van der Waals surface area contributed by atoms with Crippen molar-refractivity contribution in [3.8, 4) is 0 Å². The highest BCUT2D eigenvalue weighted by Gasteiger charge is 2.22. The highest BCUT2D eigenvalue weighted by Crippen LogP contribution is 2.06. The number of halogens is 1. The van der Waals surface area contributed by atoms with Gasteiger partial charge in [0.15, 0.2) is 0 Å². The summed E-state index contributed by atoms with van der Waals surface area (Å²) >= 11 is 0. The van der Waals surface area contributed by atoms with Crippen molar-refractivity contribution in [2.75, 3.05) is 45.5 Å². The van der Waals surface area contributed by atoms with E-state index in [4.69, 9.17) is 0 Å². The Balaban J connectivity index is 1.73. The number of benzene rings is 1. The fraction of sp³-hybridized carbons (Fsp3) is 0.500. The van der Waals surface area contributed by atoms with Gasteiger partial charge in [-0.2, -0.15) is 4.31 Å². The molecule has 0 radical (unpaired) electrons. The van der Waals surface area contributed by atoms with E-state index in [1.165, 1.54) is 28.8 Å². The molecule has 0 atom stereocenters. The van der Waals surface area contributed by atoms with Crippen LogP contribution in [0.3, 0.4) is 0 Å². The van der Waals surface area contributed by atoms with Crippen LogP contribution in [0.2, 0.25) is 0 Å². The average Bonchev–Trinajstić information content (AvgIpc) is 2.47. The first kappa shape index (κ1) is 16.9. The van der Waals surface area contributed by atoms with Crippen molar-refractivity contribution in [2.45, 2.75) is 0 Å².